The molecular formula is C9H14N4O. The highest BCUT2D eigenvalue weighted by Crippen LogP contribution is 2.03. The highest BCUT2D eigenvalue weighted by molar-refractivity contribution is 5.04. The van der Waals surface area contributed by atoms with Crippen LogP contribution in [0.2, 0.25) is 0 Å². The molecular weight excluding hydrogens is 180 g/mol. The van der Waals surface area contributed by atoms with E-state index in [1.165, 1.54) is 0 Å². The fraction of sp³-hybridized carbons (Fsp3) is 0.556. The van der Waals surface area contributed by atoms with Crippen molar-refractivity contribution in [1.29, 1.82) is 0 Å². The molecule has 0 fully saturated rings. The van der Waals surface area contributed by atoms with E-state index < -0.39 is 0 Å². The zero-order valence-corrected chi connectivity index (χ0v) is 8.26. The molecule has 1 aromatic heterocycles. The van der Waals surface area contributed by atoms with Gasteiger partial charge >= 0.3 is 0 Å². The van der Waals surface area contributed by atoms with Gasteiger partial charge in [0.05, 0.1) is 12.5 Å². The minimum atomic E-state index is 0.562. The van der Waals surface area contributed by atoms with Gasteiger partial charge in [-0.1, -0.05) is 5.11 Å². The Kier molecular flexibility index (Phi) is 4.61. The van der Waals surface area contributed by atoms with E-state index in [0.29, 0.717) is 6.54 Å². The van der Waals surface area contributed by atoms with Crippen molar-refractivity contribution in [3.05, 3.63) is 34.6 Å². The minimum absolute atomic E-state index is 0.562. The van der Waals surface area contributed by atoms with Crippen LogP contribution in [-0.2, 0) is 6.54 Å². The van der Waals surface area contributed by atoms with Gasteiger partial charge in [0.2, 0.25) is 0 Å². The lowest BCUT2D eigenvalue weighted by Gasteiger charge is -2.14. The highest BCUT2D eigenvalue weighted by atomic mass is 16.3. The molecule has 1 aromatic rings. The molecule has 0 aromatic carbocycles. The Morgan fingerprint density at radius 3 is 3.14 bits per heavy atom. The molecule has 0 unspecified atom stereocenters. The maximum absolute atomic E-state index is 8.07. The van der Waals surface area contributed by atoms with Crippen LogP contribution in [0.1, 0.15) is 12.0 Å². The minimum Gasteiger partial charge on any atom is -0.472 e. The Bertz CT molecular complexity index is 290. The van der Waals surface area contributed by atoms with Crippen LogP contribution in [0.15, 0.2) is 28.1 Å². The van der Waals surface area contributed by atoms with E-state index in [1.807, 2.05) is 13.1 Å². The second kappa shape index (κ2) is 6.07. The average molecular weight is 194 g/mol. The van der Waals surface area contributed by atoms with Crippen LogP contribution in [0.3, 0.4) is 0 Å². The molecule has 5 heteroatoms. The fourth-order valence-corrected chi connectivity index (χ4v) is 1.23. The van der Waals surface area contributed by atoms with Gasteiger partial charge in [0.15, 0.2) is 0 Å². The maximum Gasteiger partial charge on any atom is 0.0947 e. The Labute approximate surface area is 82.9 Å². The van der Waals surface area contributed by atoms with Crippen LogP contribution >= 0.6 is 0 Å². The first-order chi connectivity index (χ1) is 6.83. The second-order valence-electron chi connectivity index (χ2n) is 3.18. The van der Waals surface area contributed by atoms with Gasteiger partial charge in [-0.05, 0) is 31.6 Å². The predicted octanol–water partition coefficient (Wildman–Crippen LogP) is 2.41. The first-order valence-electron chi connectivity index (χ1n) is 4.53. The molecule has 0 atom stereocenters. The molecule has 0 saturated heterocycles. The zero-order chi connectivity index (χ0) is 10.2. The normalized spacial score (nSPS) is 10.1. The second-order valence-corrected chi connectivity index (χ2v) is 3.18. The number of hydrogen-bond donors (Lipinski definition) is 0. The molecule has 14 heavy (non-hydrogen) atoms. The van der Waals surface area contributed by atoms with Gasteiger partial charge in [0, 0.05) is 23.6 Å². The van der Waals surface area contributed by atoms with E-state index >= 15 is 0 Å². The Morgan fingerprint density at radius 1 is 1.64 bits per heavy atom. The summed E-state index contributed by atoms with van der Waals surface area (Å²) < 4.78 is 4.97. The Balaban J connectivity index is 2.16. The van der Waals surface area contributed by atoms with E-state index in [0.717, 1.165) is 25.1 Å². The number of rotatable bonds is 6. The van der Waals surface area contributed by atoms with Crippen LogP contribution < -0.4 is 0 Å². The molecule has 0 aliphatic rings. The highest BCUT2D eigenvalue weighted by Gasteiger charge is 2.00. The third-order valence-corrected chi connectivity index (χ3v) is 1.89. The van der Waals surface area contributed by atoms with Gasteiger partial charge in [-0.3, -0.25) is 0 Å². The van der Waals surface area contributed by atoms with E-state index in [9.17, 15) is 0 Å². The molecule has 0 N–H and O–H groups in total. The summed E-state index contributed by atoms with van der Waals surface area (Å²) in [6.07, 6.45) is 4.30. The monoisotopic (exact) mass is 194 g/mol. The van der Waals surface area contributed by atoms with Crippen LogP contribution in [0.5, 0.6) is 0 Å². The molecule has 0 bridgehead atoms. The van der Waals surface area contributed by atoms with Crippen molar-refractivity contribution in [2.45, 2.75) is 13.0 Å². The van der Waals surface area contributed by atoms with E-state index in [2.05, 4.69) is 14.9 Å². The summed E-state index contributed by atoms with van der Waals surface area (Å²) >= 11 is 0. The van der Waals surface area contributed by atoms with Gasteiger partial charge in [-0.25, -0.2) is 0 Å². The summed E-state index contributed by atoms with van der Waals surface area (Å²) in [6.45, 7) is 2.35. The van der Waals surface area contributed by atoms with Crippen molar-refractivity contribution in [3.63, 3.8) is 0 Å². The summed E-state index contributed by atoms with van der Waals surface area (Å²) in [7, 11) is 2.03. The smallest absolute Gasteiger partial charge is 0.0947 e. The summed E-state index contributed by atoms with van der Waals surface area (Å²) in [5.41, 5.74) is 9.23. The molecule has 0 radical (unpaired) electrons. The standard InChI is InChI=1S/C9H14N4O/c1-13(5-2-4-11-12-10)7-9-3-6-14-8-9/h3,6,8H,2,4-5,7H2,1H3. The summed E-state index contributed by atoms with van der Waals surface area (Å²) in [6, 6.07) is 1.95. The summed E-state index contributed by atoms with van der Waals surface area (Å²) in [5.74, 6) is 0. The summed E-state index contributed by atoms with van der Waals surface area (Å²) in [5, 5.41) is 3.48. The molecule has 0 saturated carbocycles. The molecule has 0 aliphatic heterocycles. The lowest BCUT2D eigenvalue weighted by Crippen LogP contribution is -2.19. The lowest BCUT2D eigenvalue weighted by atomic mass is 10.3. The van der Waals surface area contributed by atoms with Crippen LogP contribution in [-0.4, -0.2) is 25.0 Å². The first kappa shape index (κ1) is 10.6. The number of nitrogens with zero attached hydrogens (tertiary/aromatic N) is 4. The van der Waals surface area contributed by atoms with Gasteiger partial charge < -0.3 is 9.32 Å². The van der Waals surface area contributed by atoms with Crippen molar-refractivity contribution >= 4 is 0 Å². The largest absolute Gasteiger partial charge is 0.472 e. The van der Waals surface area contributed by atoms with Gasteiger partial charge in [-0.15, -0.1) is 0 Å². The van der Waals surface area contributed by atoms with Crippen molar-refractivity contribution in [1.82, 2.24) is 4.90 Å². The number of furan rings is 1. The molecule has 0 aliphatic carbocycles. The number of hydrogen-bond acceptors (Lipinski definition) is 3. The Hall–Kier alpha value is -1.45. The van der Waals surface area contributed by atoms with E-state index in [1.54, 1.807) is 12.5 Å². The first-order valence-corrected chi connectivity index (χ1v) is 4.53. The van der Waals surface area contributed by atoms with Crippen LogP contribution in [0.25, 0.3) is 10.4 Å². The maximum atomic E-state index is 8.07. The SMILES string of the molecule is CN(CCCN=[N+]=[N-])Cc1ccoc1. The predicted molar refractivity (Wildman–Crippen MR) is 53.7 cm³/mol. The topological polar surface area (TPSA) is 65.1 Å². The summed E-state index contributed by atoms with van der Waals surface area (Å²) in [4.78, 5) is 4.86. The van der Waals surface area contributed by atoms with Gasteiger partial charge in [0.25, 0.3) is 0 Å². The van der Waals surface area contributed by atoms with Crippen LogP contribution in [0.4, 0.5) is 0 Å². The lowest BCUT2D eigenvalue weighted by molar-refractivity contribution is 0.323. The van der Waals surface area contributed by atoms with Crippen molar-refractivity contribution < 1.29 is 4.42 Å². The van der Waals surface area contributed by atoms with Crippen LogP contribution in [0, 0.1) is 0 Å². The van der Waals surface area contributed by atoms with Gasteiger partial charge in [0.1, 0.15) is 0 Å². The van der Waals surface area contributed by atoms with E-state index in [4.69, 9.17) is 9.95 Å². The Morgan fingerprint density at radius 2 is 2.50 bits per heavy atom. The average Bonchev–Trinajstić information content (AvgIpc) is 2.65. The number of azide groups is 1. The molecule has 0 spiro atoms. The molecule has 76 valence electrons. The van der Waals surface area contributed by atoms with Crippen molar-refractivity contribution in [3.8, 4) is 0 Å². The third kappa shape index (κ3) is 3.98. The van der Waals surface area contributed by atoms with E-state index in [-0.39, 0.29) is 0 Å². The molecule has 5 nitrogen and oxygen atoms in total. The van der Waals surface area contributed by atoms with Crippen molar-refractivity contribution in [2.75, 3.05) is 20.1 Å². The van der Waals surface area contributed by atoms with Crippen molar-refractivity contribution in [2.24, 2.45) is 5.11 Å². The molecule has 0 amide bonds. The molecule has 1 rings (SSSR count). The van der Waals surface area contributed by atoms with Gasteiger partial charge in [-0.2, -0.15) is 0 Å². The third-order valence-electron chi connectivity index (χ3n) is 1.89. The quantitative estimate of drug-likeness (QED) is 0.302. The zero-order valence-electron chi connectivity index (χ0n) is 8.26. The fourth-order valence-electron chi connectivity index (χ4n) is 1.23. The molecule has 1 heterocycles.